The van der Waals surface area contributed by atoms with Crippen LogP contribution in [0.4, 0.5) is 0 Å². The van der Waals surface area contributed by atoms with Crippen molar-refractivity contribution >= 4 is 22.8 Å². The van der Waals surface area contributed by atoms with E-state index in [-0.39, 0.29) is 11.9 Å². The van der Waals surface area contributed by atoms with Crippen molar-refractivity contribution in [3.8, 4) is 5.75 Å². The van der Waals surface area contributed by atoms with Gasteiger partial charge in [0.1, 0.15) is 5.75 Å². The van der Waals surface area contributed by atoms with Gasteiger partial charge in [0, 0.05) is 40.0 Å². The van der Waals surface area contributed by atoms with Crippen molar-refractivity contribution in [3.63, 3.8) is 0 Å². The summed E-state index contributed by atoms with van der Waals surface area (Å²) in [5, 5.41) is 0. The Morgan fingerprint density at radius 1 is 1.45 bits per heavy atom. The Hall–Kier alpha value is -1.66. The molecule has 1 aromatic carbocycles. The van der Waals surface area contributed by atoms with Crippen molar-refractivity contribution in [3.05, 3.63) is 29.8 Å². The maximum Gasteiger partial charge on any atom is 0.234 e. The van der Waals surface area contributed by atoms with Crippen LogP contribution in [0.25, 0.3) is 6.08 Å². The smallest absolute Gasteiger partial charge is 0.234 e. The summed E-state index contributed by atoms with van der Waals surface area (Å²) < 4.78 is 16.8. The summed E-state index contributed by atoms with van der Waals surface area (Å²) in [5.74, 6) is 0.704. The number of nitrogens with one attached hydrogen (secondary N) is 2. The van der Waals surface area contributed by atoms with E-state index < -0.39 is 10.8 Å². The van der Waals surface area contributed by atoms with Crippen molar-refractivity contribution in [2.75, 3.05) is 13.4 Å². The van der Waals surface area contributed by atoms with E-state index in [0.717, 1.165) is 16.9 Å². The van der Waals surface area contributed by atoms with Crippen LogP contribution >= 0.6 is 0 Å². The molecule has 1 aliphatic heterocycles. The van der Waals surface area contributed by atoms with E-state index in [4.69, 9.17) is 4.74 Å². The molecule has 5 nitrogen and oxygen atoms in total. The second-order valence-electron chi connectivity index (χ2n) is 4.55. The highest BCUT2D eigenvalue weighted by Gasteiger charge is 2.14. The van der Waals surface area contributed by atoms with Crippen LogP contribution in [0.15, 0.2) is 29.2 Å². The lowest BCUT2D eigenvalue weighted by Gasteiger charge is -2.20. The van der Waals surface area contributed by atoms with Crippen molar-refractivity contribution in [2.24, 2.45) is 0 Å². The first kappa shape index (κ1) is 14.7. The molecule has 1 aromatic rings. The molecule has 1 saturated heterocycles. The number of ether oxygens (including phenoxy) is 1. The van der Waals surface area contributed by atoms with Gasteiger partial charge in [0.05, 0.1) is 7.11 Å². The van der Waals surface area contributed by atoms with E-state index in [0.29, 0.717) is 12.2 Å². The zero-order chi connectivity index (χ0) is 14.5. The third-order valence-corrected chi connectivity index (χ3v) is 4.04. The Kier molecular flexibility index (Phi) is 4.92. The summed E-state index contributed by atoms with van der Waals surface area (Å²) in [6, 6.07) is 5.60. The van der Waals surface area contributed by atoms with E-state index >= 15 is 0 Å². The summed E-state index contributed by atoms with van der Waals surface area (Å²) in [6.07, 6.45) is 6.85. The average Bonchev–Trinajstić information content (AvgIpc) is 2.46. The molecule has 1 heterocycles. The summed E-state index contributed by atoms with van der Waals surface area (Å²) in [6.45, 7) is 0. The largest absolute Gasteiger partial charge is 0.496 e. The van der Waals surface area contributed by atoms with Gasteiger partial charge in [-0.15, -0.1) is 0 Å². The Bertz CT molecular complexity index is 547. The second-order valence-corrected chi connectivity index (χ2v) is 5.93. The number of hydrogen-bond acceptors (Lipinski definition) is 4. The second kappa shape index (κ2) is 6.67. The van der Waals surface area contributed by atoms with Crippen LogP contribution in [0.5, 0.6) is 5.75 Å². The molecule has 2 unspecified atom stereocenters. The van der Waals surface area contributed by atoms with E-state index in [1.54, 1.807) is 19.4 Å². The van der Waals surface area contributed by atoms with Gasteiger partial charge in [-0.3, -0.25) is 14.4 Å². The number of benzene rings is 1. The fourth-order valence-electron chi connectivity index (χ4n) is 1.97. The number of carbonyl (C=O) groups excluding carboxylic acids is 1. The van der Waals surface area contributed by atoms with Gasteiger partial charge in [-0.2, -0.15) is 0 Å². The maximum atomic E-state index is 11.4. The van der Waals surface area contributed by atoms with Gasteiger partial charge < -0.3 is 4.74 Å². The Morgan fingerprint density at radius 3 is 2.85 bits per heavy atom. The minimum absolute atomic E-state index is 0.0157. The molecule has 2 N–H and O–H groups in total. The topological polar surface area (TPSA) is 67.4 Å². The van der Waals surface area contributed by atoms with Crippen molar-refractivity contribution in [1.82, 2.24) is 10.9 Å². The van der Waals surface area contributed by atoms with Crippen LogP contribution in [0.3, 0.4) is 0 Å². The molecule has 0 aromatic heterocycles. The summed E-state index contributed by atoms with van der Waals surface area (Å²) in [5.41, 5.74) is 6.46. The summed E-state index contributed by atoms with van der Waals surface area (Å²) in [7, 11) is 0.566. The zero-order valence-electron chi connectivity index (χ0n) is 11.5. The van der Waals surface area contributed by atoms with Gasteiger partial charge in [-0.25, -0.2) is 5.43 Å². The van der Waals surface area contributed by atoms with Gasteiger partial charge in [0.2, 0.25) is 5.91 Å². The molecular formula is C14H18N2O3S. The molecule has 1 aliphatic rings. The van der Waals surface area contributed by atoms with E-state index in [1.165, 1.54) is 0 Å². The summed E-state index contributed by atoms with van der Waals surface area (Å²) in [4.78, 5) is 11.8. The predicted octanol–water partition coefficient (Wildman–Crippen LogP) is 1.23. The Labute approximate surface area is 120 Å². The zero-order valence-corrected chi connectivity index (χ0v) is 12.3. The lowest BCUT2D eigenvalue weighted by Crippen LogP contribution is -2.48. The number of rotatable bonds is 4. The van der Waals surface area contributed by atoms with Crippen LogP contribution in [-0.4, -0.2) is 29.5 Å². The molecule has 108 valence electrons. The van der Waals surface area contributed by atoms with Crippen LogP contribution < -0.4 is 15.6 Å². The lowest BCUT2D eigenvalue weighted by atomic mass is 10.1. The molecule has 1 amide bonds. The highest BCUT2D eigenvalue weighted by atomic mass is 32.2. The molecule has 2 atom stereocenters. The third-order valence-electron chi connectivity index (χ3n) is 3.12. The normalized spacial score (nSPS) is 20.7. The number of hydrogen-bond donors (Lipinski definition) is 2. The minimum Gasteiger partial charge on any atom is -0.496 e. The van der Waals surface area contributed by atoms with Crippen molar-refractivity contribution in [2.45, 2.75) is 23.8 Å². The monoisotopic (exact) mass is 294 g/mol. The lowest BCUT2D eigenvalue weighted by molar-refractivity contribution is -0.123. The van der Waals surface area contributed by atoms with Crippen LogP contribution in [0, 0.1) is 0 Å². The molecule has 1 fully saturated rings. The van der Waals surface area contributed by atoms with Crippen LogP contribution in [0.2, 0.25) is 0 Å². The number of hydrazine groups is 1. The van der Waals surface area contributed by atoms with E-state index in [9.17, 15) is 9.00 Å². The van der Waals surface area contributed by atoms with Gasteiger partial charge in [0.25, 0.3) is 0 Å². The molecule has 0 radical (unpaired) electrons. The summed E-state index contributed by atoms with van der Waals surface area (Å²) >= 11 is 0. The molecule has 0 aliphatic carbocycles. The fourth-order valence-corrected chi connectivity index (χ4v) is 2.50. The third kappa shape index (κ3) is 3.68. The van der Waals surface area contributed by atoms with Gasteiger partial charge in [0.15, 0.2) is 0 Å². The predicted molar refractivity (Wildman–Crippen MR) is 78.7 cm³/mol. The quantitative estimate of drug-likeness (QED) is 0.876. The Balaban J connectivity index is 2.12. The van der Waals surface area contributed by atoms with Crippen LogP contribution in [0.1, 0.15) is 18.4 Å². The van der Waals surface area contributed by atoms with E-state index in [2.05, 4.69) is 10.9 Å². The Morgan fingerprint density at radius 2 is 2.25 bits per heavy atom. The van der Waals surface area contributed by atoms with E-state index in [1.807, 2.05) is 24.3 Å². The maximum absolute atomic E-state index is 11.4. The van der Waals surface area contributed by atoms with Crippen LogP contribution in [-0.2, 0) is 15.6 Å². The first-order valence-corrected chi connectivity index (χ1v) is 7.90. The minimum atomic E-state index is -1.03. The molecule has 0 bridgehead atoms. The SMILES string of the molecule is COc1cc(S(C)=O)ccc1/C=C/C1CCC(=O)NN1. The average molecular weight is 294 g/mol. The molecule has 20 heavy (non-hydrogen) atoms. The highest BCUT2D eigenvalue weighted by molar-refractivity contribution is 7.84. The first-order chi connectivity index (χ1) is 9.60. The van der Waals surface area contributed by atoms with Gasteiger partial charge in [-0.05, 0) is 18.6 Å². The molecule has 0 spiro atoms. The van der Waals surface area contributed by atoms with Gasteiger partial charge in [-0.1, -0.05) is 18.2 Å². The van der Waals surface area contributed by atoms with Gasteiger partial charge >= 0.3 is 0 Å². The van der Waals surface area contributed by atoms with Crippen molar-refractivity contribution < 1.29 is 13.7 Å². The number of carbonyl (C=O) groups is 1. The molecule has 0 saturated carbocycles. The fraction of sp³-hybridized carbons (Fsp3) is 0.357. The first-order valence-electron chi connectivity index (χ1n) is 6.34. The molecular weight excluding hydrogens is 276 g/mol. The highest BCUT2D eigenvalue weighted by Crippen LogP contribution is 2.23. The molecule has 6 heteroatoms. The number of methoxy groups -OCH3 is 1. The van der Waals surface area contributed by atoms with Crippen molar-refractivity contribution in [1.29, 1.82) is 0 Å². The molecule has 2 rings (SSSR count). The standard InChI is InChI=1S/C14H18N2O3S/c1-19-13-9-12(20(2)18)7-4-10(13)3-5-11-6-8-14(17)16-15-11/h3-5,7,9,11,15H,6,8H2,1-2H3,(H,16,17)/b5-3+. The number of amides is 1.